The molecule has 0 spiro atoms. The maximum atomic E-state index is 12.7. The molecular formula is C8H3F5O. The van der Waals surface area contributed by atoms with Crippen LogP contribution in [0.25, 0.3) is 0 Å². The van der Waals surface area contributed by atoms with Crippen molar-refractivity contribution in [2.45, 2.75) is 6.18 Å². The van der Waals surface area contributed by atoms with E-state index in [0.717, 1.165) is 0 Å². The lowest BCUT2D eigenvalue weighted by Gasteiger charge is -2.08. The molecule has 1 rings (SSSR count). The third-order valence-corrected chi connectivity index (χ3v) is 1.52. The van der Waals surface area contributed by atoms with Gasteiger partial charge in [-0.25, -0.2) is 8.78 Å². The lowest BCUT2D eigenvalue weighted by atomic mass is 10.1. The highest BCUT2D eigenvalue weighted by Gasteiger charge is 2.35. The van der Waals surface area contributed by atoms with Crippen LogP contribution in [0.3, 0.4) is 0 Å². The molecule has 0 saturated carbocycles. The molecule has 0 atom stereocenters. The summed E-state index contributed by atoms with van der Waals surface area (Å²) in [5.74, 6) is -3.06. The Hall–Kier alpha value is -1.46. The Morgan fingerprint density at radius 2 is 1.64 bits per heavy atom. The van der Waals surface area contributed by atoms with Crippen molar-refractivity contribution in [3.63, 3.8) is 0 Å². The third-order valence-electron chi connectivity index (χ3n) is 1.52. The van der Waals surface area contributed by atoms with Crippen LogP contribution in [0.4, 0.5) is 22.0 Å². The van der Waals surface area contributed by atoms with E-state index < -0.39 is 28.9 Å². The summed E-state index contributed by atoms with van der Waals surface area (Å²) in [6.07, 6.45) is -5.02. The van der Waals surface area contributed by atoms with Crippen molar-refractivity contribution in [2.24, 2.45) is 0 Å². The number of alkyl halides is 3. The van der Waals surface area contributed by atoms with E-state index in [1.54, 1.807) is 0 Å². The highest BCUT2D eigenvalue weighted by Crippen LogP contribution is 2.32. The van der Waals surface area contributed by atoms with Crippen molar-refractivity contribution in [3.05, 3.63) is 34.9 Å². The van der Waals surface area contributed by atoms with E-state index >= 15 is 0 Å². The van der Waals surface area contributed by atoms with Crippen molar-refractivity contribution < 1.29 is 26.7 Å². The van der Waals surface area contributed by atoms with Gasteiger partial charge in [-0.1, -0.05) is 0 Å². The average molecular weight is 210 g/mol. The van der Waals surface area contributed by atoms with Gasteiger partial charge < -0.3 is 0 Å². The summed E-state index contributed by atoms with van der Waals surface area (Å²) in [5, 5.41) is 0. The first-order valence-electron chi connectivity index (χ1n) is 3.37. The molecule has 6 heteroatoms. The molecule has 0 heterocycles. The van der Waals surface area contributed by atoms with Gasteiger partial charge in [0.1, 0.15) is 11.6 Å². The number of hydrogen-bond acceptors (Lipinski definition) is 1. The zero-order valence-electron chi connectivity index (χ0n) is 6.53. The first-order chi connectivity index (χ1) is 6.36. The number of hydrogen-bond donors (Lipinski definition) is 0. The van der Waals surface area contributed by atoms with E-state index in [-0.39, 0.29) is 18.4 Å². The molecule has 0 N–H and O–H groups in total. The summed E-state index contributed by atoms with van der Waals surface area (Å²) in [4.78, 5) is 10.1. The molecule has 1 nitrogen and oxygen atoms in total. The molecule has 1 aromatic rings. The predicted molar refractivity (Wildman–Crippen MR) is 36.7 cm³/mol. The lowest BCUT2D eigenvalue weighted by molar-refractivity contribution is -0.140. The molecule has 0 aromatic heterocycles. The Labute approximate surface area is 75.2 Å². The molecule has 1 aromatic carbocycles. The maximum absolute atomic E-state index is 12.7. The average Bonchev–Trinajstić information content (AvgIpc) is 2.06. The monoisotopic (exact) mass is 210 g/mol. The van der Waals surface area contributed by atoms with Gasteiger partial charge in [-0.2, -0.15) is 13.2 Å². The van der Waals surface area contributed by atoms with Crippen molar-refractivity contribution in [1.82, 2.24) is 0 Å². The highest BCUT2D eigenvalue weighted by molar-refractivity contribution is 5.75. The zero-order valence-corrected chi connectivity index (χ0v) is 6.53. The summed E-state index contributed by atoms with van der Waals surface area (Å²) in [6, 6.07) is 0.171. The van der Waals surface area contributed by atoms with Crippen LogP contribution in [-0.2, 0) is 6.18 Å². The fraction of sp³-hybridized carbons (Fsp3) is 0.125. The molecule has 76 valence electrons. The standard InChI is InChI=1S/C8H3F5O/c9-6-2-5(8(11,12)13)7(10)1-4(6)3-14/h1-3H. The van der Waals surface area contributed by atoms with Gasteiger partial charge in [0, 0.05) is 0 Å². The van der Waals surface area contributed by atoms with E-state index in [4.69, 9.17) is 0 Å². The smallest absolute Gasteiger partial charge is 0.298 e. The van der Waals surface area contributed by atoms with Crippen LogP contribution in [0.1, 0.15) is 15.9 Å². The van der Waals surface area contributed by atoms with Crippen LogP contribution in [0, 0.1) is 11.6 Å². The molecule has 0 radical (unpaired) electrons. The minimum atomic E-state index is -4.97. The molecule has 0 aliphatic carbocycles. The van der Waals surface area contributed by atoms with Crippen molar-refractivity contribution in [2.75, 3.05) is 0 Å². The van der Waals surface area contributed by atoms with Gasteiger partial charge in [-0.15, -0.1) is 0 Å². The Kier molecular flexibility index (Phi) is 2.55. The normalized spacial score (nSPS) is 11.5. The summed E-state index contributed by atoms with van der Waals surface area (Å²) in [5.41, 5.74) is -2.46. The van der Waals surface area contributed by atoms with Gasteiger partial charge in [-0.3, -0.25) is 4.79 Å². The minimum absolute atomic E-state index is 0.0426. The third kappa shape index (κ3) is 1.89. The summed E-state index contributed by atoms with van der Waals surface area (Å²) >= 11 is 0. The van der Waals surface area contributed by atoms with E-state index in [2.05, 4.69) is 0 Å². The van der Waals surface area contributed by atoms with Crippen LogP contribution in [-0.4, -0.2) is 6.29 Å². The van der Waals surface area contributed by atoms with Crippen LogP contribution in [0.5, 0.6) is 0 Å². The van der Waals surface area contributed by atoms with Gasteiger partial charge in [0.05, 0.1) is 11.1 Å². The van der Waals surface area contributed by atoms with Gasteiger partial charge in [-0.05, 0) is 12.1 Å². The summed E-state index contributed by atoms with van der Waals surface area (Å²) in [7, 11) is 0. The van der Waals surface area contributed by atoms with Crippen LogP contribution in [0.15, 0.2) is 12.1 Å². The molecule has 0 amide bonds. The number of benzene rings is 1. The second kappa shape index (κ2) is 3.36. The van der Waals surface area contributed by atoms with E-state index in [1.807, 2.05) is 0 Å². The molecule has 14 heavy (non-hydrogen) atoms. The quantitative estimate of drug-likeness (QED) is 0.514. The SMILES string of the molecule is O=Cc1cc(F)c(C(F)(F)F)cc1F. The zero-order chi connectivity index (χ0) is 10.9. The number of halogens is 5. The Morgan fingerprint density at radius 1 is 1.07 bits per heavy atom. The van der Waals surface area contributed by atoms with Crippen LogP contribution < -0.4 is 0 Å². The van der Waals surface area contributed by atoms with E-state index in [9.17, 15) is 26.7 Å². The highest BCUT2D eigenvalue weighted by atomic mass is 19.4. The van der Waals surface area contributed by atoms with Gasteiger partial charge >= 0.3 is 6.18 Å². The van der Waals surface area contributed by atoms with E-state index in [1.165, 1.54) is 0 Å². The molecule has 0 aliphatic rings. The second-order valence-corrected chi connectivity index (χ2v) is 2.47. The van der Waals surface area contributed by atoms with Gasteiger partial charge in [0.25, 0.3) is 0 Å². The minimum Gasteiger partial charge on any atom is -0.298 e. The van der Waals surface area contributed by atoms with Crippen LogP contribution in [0.2, 0.25) is 0 Å². The first kappa shape index (κ1) is 10.6. The molecule has 0 fully saturated rings. The molecule has 0 aliphatic heterocycles. The number of carbonyl (C=O) groups is 1. The van der Waals surface area contributed by atoms with Gasteiger partial charge in [0.15, 0.2) is 6.29 Å². The Bertz CT molecular complexity index is 369. The van der Waals surface area contributed by atoms with Crippen molar-refractivity contribution in [3.8, 4) is 0 Å². The van der Waals surface area contributed by atoms with Crippen molar-refractivity contribution >= 4 is 6.29 Å². The Balaban J connectivity index is 3.36. The molecule has 0 saturated heterocycles. The number of carbonyl (C=O) groups excluding carboxylic acids is 1. The predicted octanol–water partition coefficient (Wildman–Crippen LogP) is 2.80. The van der Waals surface area contributed by atoms with Crippen molar-refractivity contribution in [1.29, 1.82) is 0 Å². The topological polar surface area (TPSA) is 17.1 Å². The Morgan fingerprint density at radius 3 is 2.07 bits per heavy atom. The fourth-order valence-corrected chi connectivity index (χ4v) is 0.870. The fourth-order valence-electron chi connectivity index (χ4n) is 0.870. The molecule has 0 bridgehead atoms. The van der Waals surface area contributed by atoms with Crippen LogP contribution >= 0.6 is 0 Å². The largest absolute Gasteiger partial charge is 0.419 e. The summed E-state index contributed by atoms with van der Waals surface area (Å²) < 4.78 is 61.2. The van der Waals surface area contributed by atoms with E-state index in [0.29, 0.717) is 0 Å². The molecular weight excluding hydrogens is 207 g/mol. The summed E-state index contributed by atoms with van der Waals surface area (Å²) in [6.45, 7) is 0. The number of rotatable bonds is 1. The lowest BCUT2D eigenvalue weighted by Crippen LogP contribution is -2.09. The molecule has 0 unspecified atom stereocenters. The maximum Gasteiger partial charge on any atom is 0.419 e. The number of aldehydes is 1. The second-order valence-electron chi connectivity index (χ2n) is 2.47. The first-order valence-corrected chi connectivity index (χ1v) is 3.37. The van der Waals surface area contributed by atoms with Gasteiger partial charge in [0.2, 0.25) is 0 Å².